The van der Waals surface area contributed by atoms with Crippen molar-refractivity contribution in [3.8, 4) is 5.69 Å². The van der Waals surface area contributed by atoms with Gasteiger partial charge in [-0.1, -0.05) is 105 Å². The van der Waals surface area contributed by atoms with Crippen LogP contribution in [-0.2, 0) is 44.9 Å². The van der Waals surface area contributed by atoms with E-state index >= 15 is 4.79 Å². The molecular weight excluding hydrogens is 921 g/mol. The zero-order chi connectivity index (χ0) is 51.6. The molecule has 2 heterocycles. The van der Waals surface area contributed by atoms with Crippen molar-refractivity contribution in [2.24, 2.45) is 16.2 Å². The number of carbonyl (C=O) groups excluding carboxylic acids is 5. The number of benzene rings is 6. The Morgan fingerprint density at radius 1 is 0.548 bits per heavy atom. The molecule has 0 spiro atoms. The maximum Gasteiger partial charge on any atom is 0.331 e. The largest absolute Gasteiger partial charge is 0.466 e. The number of ether oxygens (including phenoxy) is 2. The summed E-state index contributed by atoms with van der Waals surface area (Å²) in [5.74, 6) is -1.58. The summed E-state index contributed by atoms with van der Waals surface area (Å²) >= 11 is 0. The van der Waals surface area contributed by atoms with Crippen molar-refractivity contribution in [2.75, 3.05) is 13.2 Å². The number of hydrogen-bond donors (Lipinski definition) is 0. The van der Waals surface area contributed by atoms with E-state index in [2.05, 4.69) is 45.4 Å². The molecule has 0 aliphatic rings. The lowest BCUT2D eigenvalue weighted by Crippen LogP contribution is -2.11. The zero-order valence-corrected chi connectivity index (χ0v) is 42.5. The number of esters is 2. The molecule has 8 aromatic rings. The minimum absolute atomic E-state index is 0.0537. The summed E-state index contributed by atoms with van der Waals surface area (Å²) in [4.78, 5) is 74.1. The van der Waals surface area contributed by atoms with Crippen LogP contribution in [0.3, 0.4) is 0 Å². The number of oxime groups is 2. The van der Waals surface area contributed by atoms with Crippen LogP contribution in [0.4, 0.5) is 0 Å². The van der Waals surface area contributed by atoms with Gasteiger partial charge in [0.05, 0.1) is 54.0 Å². The van der Waals surface area contributed by atoms with Crippen molar-refractivity contribution in [1.29, 1.82) is 0 Å². The third kappa shape index (κ3) is 11.4. The minimum Gasteiger partial charge on any atom is -0.466 e. The highest BCUT2D eigenvalue weighted by molar-refractivity contribution is 6.26. The van der Waals surface area contributed by atoms with Crippen LogP contribution >= 0.6 is 0 Å². The van der Waals surface area contributed by atoms with Crippen molar-refractivity contribution in [3.05, 3.63) is 138 Å². The van der Waals surface area contributed by atoms with Crippen LogP contribution in [0.2, 0.25) is 0 Å². The normalized spacial score (nSPS) is 12.5. The topological polar surface area (TPSA) is 157 Å². The predicted octanol–water partition coefficient (Wildman–Crippen LogP) is 13.1. The highest BCUT2D eigenvalue weighted by Gasteiger charge is 2.24. The average molecular weight is 983 g/mol. The van der Waals surface area contributed by atoms with Gasteiger partial charge < -0.3 is 28.3 Å². The molecule has 0 N–H and O–H groups in total. The van der Waals surface area contributed by atoms with Gasteiger partial charge in [0.1, 0.15) is 0 Å². The highest BCUT2D eigenvalue weighted by atomic mass is 16.7. The van der Waals surface area contributed by atoms with Gasteiger partial charge >= 0.3 is 23.9 Å². The van der Waals surface area contributed by atoms with E-state index in [0.717, 1.165) is 92.3 Å². The first-order valence-electron chi connectivity index (χ1n) is 25.4. The quantitative estimate of drug-likeness (QED) is 0.0212. The summed E-state index contributed by atoms with van der Waals surface area (Å²) < 4.78 is 15.1. The van der Waals surface area contributed by atoms with Crippen molar-refractivity contribution in [1.82, 2.24) is 9.13 Å². The summed E-state index contributed by atoms with van der Waals surface area (Å²) in [6, 6.07) is 37.8. The second-order valence-electron chi connectivity index (χ2n) is 18.4. The van der Waals surface area contributed by atoms with E-state index in [-0.39, 0.29) is 50.0 Å². The van der Waals surface area contributed by atoms with Crippen LogP contribution in [-0.4, -0.2) is 63.4 Å². The molecule has 73 heavy (non-hydrogen) atoms. The van der Waals surface area contributed by atoms with Crippen LogP contribution in [0.25, 0.3) is 60.1 Å². The van der Waals surface area contributed by atoms with Crippen LogP contribution in [0.5, 0.6) is 0 Å². The number of nitrogens with zero attached hydrogens (tertiary/aromatic N) is 4. The summed E-state index contributed by atoms with van der Waals surface area (Å²) in [6.07, 6.45) is 5.58. The fraction of sp³-hybridized carbons (Fsp3) is 0.317. The van der Waals surface area contributed by atoms with E-state index in [1.54, 1.807) is 6.92 Å². The van der Waals surface area contributed by atoms with Crippen molar-refractivity contribution in [2.45, 2.75) is 106 Å². The van der Waals surface area contributed by atoms with Crippen LogP contribution in [0, 0.1) is 5.92 Å². The van der Waals surface area contributed by atoms with E-state index in [1.165, 1.54) is 13.8 Å². The number of rotatable bonds is 22. The van der Waals surface area contributed by atoms with Crippen molar-refractivity contribution >= 4 is 95.5 Å². The molecule has 1 unspecified atom stereocenters. The van der Waals surface area contributed by atoms with E-state index in [0.29, 0.717) is 52.6 Å². The zero-order valence-electron chi connectivity index (χ0n) is 42.5. The SMILES string of the molecule is CCCCC(CC)Cn1c2ccc(C(CCC(=O)OCC)=NOC(C)=O)cc2c2cc(C(=O)c3ccc(-n4c5ccccc5c5cc(C(CCC(=O)OCCC)=NOC(C)=O)ccc54)cc3)c3ccccc3c21. The second kappa shape index (κ2) is 23.5. The van der Waals surface area contributed by atoms with Gasteiger partial charge in [-0.15, -0.1) is 0 Å². The number of carbonyl (C=O) groups is 5. The van der Waals surface area contributed by atoms with Crippen molar-refractivity contribution < 1.29 is 43.1 Å². The lowest BCUT2D eigenvalue weighted by molar-refractivity contribution is -0.144. The van der Waals surface area contributed by atoms with E-state index in [9.17, 15) is 19.2 Å². The van der Waals surface area contributed by atoms with Gasteiger partial charge in [-0.05, 0) is 91.7 Å². The summed E-state index contributed by atoms with van der Waals surface area (Å²) in [5, 5.41) is 13.9. The molecule has 2 aromatic heterocycles. The maximum absolute atomic E-state index is 15.1. The third-order valence-electron chi connectivity index (χ3n) is 13.3. The van der Waals surface area contributed by atoms with E-state index < -0.39 is 11.9 Å². The summed E-state index contributed by atoms with van der Waals surface area (Å²) in [7, 11) is 0. The van der Waals surface area contributed by atoms with Crippen LogP contribution in [0.1, 0.15) is 126 Å². The minimum atomic E-state index is -0.575. The first-order valence-corrected chi connectivity index (χ1v) is 25.4. The Bertz CT molecular complexity index is 3430. The third-order valence-corrected chi connectivity index (χ3v) is 13.3. The first kappa shape index (κ1) is 51.4. The number of hydrogen-bond acceptors (Lipinski definition) is 11. The molecular formula is C60H62N4O9. The van der Waals surface area contributed by atoms with Crippen LogP contribution < -0.4 is 0 Å². The fourth-order valence-electron chi connectivity index (χ4n) is 9.73. The van der Waals surface area contributed by atoms with Crippen molar-refractivity contribution in [3.63, 3.8) is 0 Å². The Hall–Kier alpha value is -7.93. The van der Waals surface area contributed by atoms with E-state index in [4.69, 9.17) is 19.1 Å². The van der Waals surface area contributed by atoms with Gasteiger partial charge in [-0.25, -0.2) is 9.59 Å². The standard InChI is InChI=1S/C60H62N4O9/c1-7-11-16-40(9-3)37-63-54-29-23-42(52(61-72-38(5)65)27-31-57(67)70-10-4)35-49(54)50-36-51(45-17-12-13-19-47(45)59(50)63)60(69)41-21-25-44(26-22-41)64-55-20-15-14-18-46(55)48-34-43(24-30-56(48)64)53(62-73-39(6)66)28-32-58(68)71-33-8-2/h12-15,17-26,29-30,34-36,40H,7-11,16,27-28,31-33,37H2,1-6H3. The van der Waals surface area contributed by atoms with Crippen LogP contribution in [0.15, 0.2) is 126 Å². The summed E-state index contributed by atoms with van der Waals surface area (Å²) in [5.41, 5.74) is 8.09. The second-order valence-corrected chi connectivity index (χ2v) is 18.4. The molecule has 0 aliphatic carbocycles. The molecule has 0 saturated heterocycles. The lowest BCUT2D eigenvalue weighted by atomic mass is 9.94. The van der Waals surface area contributed by atoms with Gasteiger partial charge in [0.15, 0.2) is 5.78 Å². The predicted molar refractivity (Wildman–Crippen MR) is 287 cm³/mol. The number of fused-ring (bicyclic) bond motifs is 8. The summed E-state index contributed by atoms with van der Waals surface area (Å²) in [6.45, 7) is 12.1. The number of unbranched alkanes of at least 4 members (excludes halogenated alkanes) is 1. The molecule has 0 aliphatic heterocycles. The monoisotopic (exact) mass is 982 g/mol. The lowest BCUT2D eigenvalue weighted by Gasteiger charge is -2.18. The molecule has 13 nitrogen and oxygen atoms in total. The Labute approximate surface area is 424 Å². The molecule has 0 saturated carbocycles. The molecule has 0 bridgehead atoms. The molecule has 8 rings (SSSR count). The Balaban J connectivity index is 1.22. The van der Waals surface area contributed by atoms with Gasteiger partial charge in [-0.2, -0.15) is 0 Å². The maximum atomic E-state index is 15.1. The smallest absolute Gasteiger partial charge is 0.331 e. The molecule has 0 radical (unpaired) electrons. The van der Waals surface area contributed by atoms with Gasteiger partial charge in [-0.3, -0.25) is 14.4 Å². The van der Waals surface area contributed by atoms with E-state index in [1.807, 2.05) is 110 Å². The fourth-order valence-corrected chi connectivity index (χ4v) is 9.73. The van der Waals surface area contributed by atoms with Gasteiger partial charge in [0.2, 0.25) is 0 Å². The first-order chi connectivity index (χ1) is 35.4. The van der Waals surface area contributed by atoms with Gasteiger partial charge in [0.25, 0.3) is 0 Å². The molecule has 13 heteroatoms. The Morgan fingerprint density at radius 3 is 1.71 bits per heavy atom. The number of aromatic nitrogens is 2. The molecule has 0 fully saturated rings. The molecule has 1 atom stereocenters. The molecule has 0 amide bonds. The number of para-hydroxylation sites is 1. The highest BCUT2D eigenvalue weighted by Crippen LogP contribution is 2.39. The van der Waals surface area contributed by atoms with Gasteiger partial charge in [0, 0.05) is 93.6 Å². The molecule has 376 valence electrons. The molecule has 6 aromatic carbocycles. The number of ketones is 1. The Morgan fingerprint density at radius 2 is 1.11 bits per heavy atom. The Kier molecular flexibility index (Phi) is 16.6. The average Bonchev–Trinajstić information content (AvgIpc) is 3.90.